The van der Waals surface area contributed by atoms with E-state index in [0.717, 1.165) is 5.56 Å². The van der Waals surface area contributed by atoms with Gasteiger partial charge in [0.25, 0.3) is 5.91 Å². The Morgan fingerprint density at radius 3 is 2.21 bits per heavy atom. The van der Waals surface area contributed by atoms with E-state index in [1.54, 1.807) is 13.0 Å². The third kappa shape index (κ3) is 4.99. The van der Waals surface area contributed by atoms with Crippen molar-refractivity contribution in [2.24, 2.45) is 0 Å². The molecule has 3 rings (SSSR count). The molecule has 150 valence electrons. The number of ether oxygens (including phenoxy) is 1. The second-order valence-corrected chi connectivity index (χ2v) is 8.14. The summed E-state index contributed by atoms with van der Waals surface area (Å²) < 4.78 is 5.83. The van der Waals surface area contributed by atoms with Crippen molar-refractivity contribution in [3.05, 3.63) is 94.5 Å². The standard InChI is InChI=1S/C25H26ClNO2/c1-17-10-13-21(16-23(17)26)27-24(28)18(2)29-22-14-11-20(12-15-22)25(3,4)19-8-6-5-7-9-19/h5-16,18H,1-4H3,(H,27,28). The van der Waals surface area contributed by atoms with Gasteiger partial charge in [0.1, 0.15) is 5.75 Å². The fourth-order valence-electron chi connectivity index (χ4n) is 3.14. The number of rotatable bonds is 6. The summed E-state index contributed by atoms with van der Waals surface area (Å²) in [4.78, 5) is 12.4. The molecule has 0 fully saturated rings. The number of benzene rings is 3. The summed E-state index contributed by atoms with van der Waals surface area (Å²) in [5.41, 5.74) is 3.93. The molecule has 3 nitrogen and oxygen atoms in total. The van der Waals surface area contributed by atoms with Crippen LogP contribution >= 0.6 is 11.6 Å². The largest absolute Gasteiger partial charge is 0.481 e. The maximum Gasteiger partial charge on any atom is 0.265 e. The van der Waals surface area contributed by atoms with Gasteiger partial charge in [-0.05, 0) is 54.8 Å². The van der Waals surface area contributed by atoms with E-state index in [-0.39, 0.29) is 11.3 Å². The minimum Gasteiger partial charge on any atom is -0.481 e. The number of aryl methyl sites for hydroxylation is 1. The average molecular weight is 408 g/mol. The van der Waals surface area contributed by atoms with E-state index in [1.165, 1.54) is 11.1 Å². The predicted octanol–water partition coefficient (Wildman–Crippen LogP) is 6.38. The highest BCUT2D eigenvalue weighted by atomic mass is 35.5. The van der Waals surface area contributed by atoms with Crippen LogP contribution in [0, 0.1) is 6.92 Å². The van der Waals surface area contributed by atoms with Gasteiger partial charge in [-0.3, -0.25) is 4.79 Å². The minimum atomic E-state index is -0.636. The first-order chi connectivity index (χ1) is 13.8. The quantitative estimate of drug-likeness (QED) is 0.514. The summed E-state index contributed by atoms with van der Waals surface area (Å²) in [7, 11) is 0. The monoisotopic (exact) mass is 407 g/mol. The van der Waals surface area contributed by atoms with Crippen molar-refractivity contribution in [1.29, 1.82) is 0 Å². The van der Waals surface area contributed by atoms with Crippen molar-refractivity contribution in [3.63, 3.8) is 0 Å². The smallest absolute Gasteiger partial charge is 0.265 e. The van der Waals surface area contributed by atoms with Gasteiger partial charge in [0.2, 0.25) is 0 Å². The second-order valence-electron chi connectivity index (χ2n) is 7.73. The summed E-state index contributed by atoms with van der Waals surface area (Å²) in [5.74, 6) is 0.431. The van der Waals surface area contributed by atoms with Crippen molar-refractivity contribution in [2.45, 2.75) is 39.2 Å². The third-order valence-electron chi connectivity index (χ3n) is 5.19. The highest BCUT2D eigenvalue weighted by Crippen LogP contribution is 2.32. The van der Waals surface area contributed by atoms with Gasteiger partial charge in [-0.15, -0.1) is 0 Å². The van der Waals surface area contributed by atoms with Gasteiger partial charge in [-0.25, -0.2) is 0 Å². The van der Waals surface area contributed by atoms with Crippen LogP contribution in [0.2, 0.25) is 5.02 Å². The lowest BCUT2D eigenvalue weighted by molar-refractivity contribution is -0.122. The molecule has 1 atom stereocenters. The molecule has 0 aliphatic heterocycles. The molecular formula is C25H26ClNO2. The lowest BCUT2D eigenvalue weighted by Gasteiger charge is -2.26. The van der Waals surface area contributed by atoms with Crippen LogP contribution in [0.4, 0.5) is 5.69 Å². The molecule has 0 aliphatic carbocycles. The first-order valence-electron chi connectivity index (χ1n) is 9.67. The molecule has 0 aromatic heterocycles. The summed E-state index contributed by atoms with van der Waals surface area (Å²) in [6.07, 6.45) is -0.636. The Kier molecular flexibility index (Phi) is 6.29. The molecule has 0 aliphatic rings. The number of nitrogens with one attached hydrogen (secondary N) is 1. The van der Waals surface area contributed by atoms with Crippen molar-refractivity contribution in [2.75, 3.05) is 5.32 Å². The molecule has 0 radical (unpaired) electrons. The van der Waals surface area contributed by atoms with Gasteiger partial charge in [0.15, 0.2) is 6.10 Å². The van der Waals surface area contributed by atoms with E-state index in [1.807, 2.05) is 49.4 Å². The molecule has 1 N–H and O–H groups in total. The van der Waals surface area contributed by atoms with Crippen LogP contribution in [-0.4, -0.2) is 12.0 Å². The number of hydrogen-bond donors (Lipinski definition) is 1. The molecule has 0 spiro atoms. The van der Waals surface area contributed by atoms with E-state index < -0.39 is 6.10 Å². The first kappa shape index (κ1) is 20.9. The van der Waals surface area contributed by atoms with Crippen LogP contribution in [0.5, 0.6) is 5.75 Å². The Morgan fingerprint density at radius 2 is 1.59 bits per heavy atom. The van der Waals surface area contributed by atoms with Crippen LogP contribution in [0.15, 0.2) is 72.8 Å². The molecule has 3 aromatic rings. The molecule has 0 heterocycles. The molecular weight excluding hydrogens is 382 g/mol. The van der Waals surface area contributed by atoms with Crippen LogP contribution in [0.25, 0.3) is 0 Å². The zero-order chi connectivity index (χ0) is 21.0. The lowest BCUT2D eigenvalue weighted by atomic mass is 9.78. The van der Waals surface area contributed by atoms with Crippen LogP contribution < -0.4 is 10.1 Å². The summed E-state index contributed by atoms with van der Waals surface area (Å²) in [6, 6.07) is 23.7. The zero-order valence-electron chi connectivity index (χ0n) is 17.2. The predicted molar refractivity (Wildman–Crippen MR) is 120 cm³/mol. The zero-order valence-corrected chi connectivity index (χ0v) is 18.0. The Morgan fingerprint density at radius 1 is 0.966 bits per heavy atom. The molecule has 0 saturated carbocycles. The second kappa shape index (κ2) is 8.71. The number of hydrogen-bond acceptors (Lipinski definition) is 2. The van der Waals surface area contributed by atoms with Crippen molar-refractivity contribution >= 4 is 23.2 Å². The highest BCUT2D eigenvalue weighted by molar-refractivity contribution is 6.31. The molecule has 4 heteroatoms. The molecule has 3 aromatic carbocycles. The van der Waals surface area contributed by atoms with Crippen molar-refractivity contribution < 1.29 is 9.53 Å². The van der Waals surface area contributed by atoms with E-state index >= 15 is 0 Å². The summed E-state index contributed by atoms with van der Waals surface area (Å²) in [6.45, 7) is 8.04. The highest BCUT2D eigenvalue weighted by Gasteiger charge is 2.23. The van der Waals surface area contributed by atoms with E-state index in [2.05, 4.69) is 43.4 Å². The van der Waals surface area contributed by atoms with E-state index in [9.17, 15) is 4.79 Å². The van der Waals surface area contributed by atoms with E-state index in [0.29, 0.717) is 16.5 Å². The fraction of sp³-hybridized carbons (Fsp3) is 0.240. The van der Waals surface area contributed by atoms with Crippen LogP contribution in [-0.2, 0) is 10.2 Å². The van der Waals surface area contributed by atoms with Gasteiger partial charge in [0, 0.05) is 16.1 Å². The molecule has 29 heavy (non-hydrogen) atoms. The van der Waals surface area contributed by atoms with Crippen molar-refractivity contribution in [3.8, 4) is 5.75 Å². The van der Waals surface area contributed by atoms with Gasteiger partial charge < -0.3 is 10.1 Å². The van der Waals surface area contributed by atoms with Gasteiger partial charge >= 0.3 is 0 Å². The molecule has 0 bridgehead atoms. The average Bonchev–Trinajstić information content (AvgIpc) is 2.72. The van der Waals surface area contributed by atoms with Crippen LogP contribution in [0.3, 0.4) is 0 Å². The Labute approximate surface area is 177 Å². The molecule has 1 unspecified atom stereocenters. The fourth-order valence-corrected chi connectivity index (χ4v) is 3.32. The van der Waals surface area contributed by atoms with Gasteiger partial charge in [-0.2, -0.15) is 0 Å². The van der Waals surface area contributed by atoms with Gasteiger partial charge in [0.05, 0.1) is 0 Å². The Bertz CT molecular complexity index is 981. The molecule has 1 amide bonds. The SMILES string of the molecule is Cc1ccc(NC(=O)C(C)Oc2ccc(C(C)(C)c3ccccc3)cc2)cc1Cl. The topological polar surface area (TPSA) is 38.3 Å². The lowest BCUT2D eigenvalue weighted by Crippen LogP contribution is -2.30. The maximum atomic E-state index is 12.4. The van der Waals surface area contributed by atoms with Gasteiger partial charge in [-0.1, -0.05) is 74.0 Å². The minimum absolute atomic E-state index is 0.118. The normalized spacial score (nSPS) is 12.3. The Hall–Kier alpha value is -2.78. The number of anilines is 1. The van der Waals surface area contributed by atoms with E-state index in [4.69, 9.17) is 16.3 Å². The number of carbonyl (C=O) groups excluding carboxylic acids is 1. The number of halogens is 1. The van der Waals surface area contributed by atoms with Crippen molar-refractivity contribution in [1.82, 2.24) is 0 Å². The summed E-state index contributed by atoms with van der Waals surface area (Å²) >= 11 is 6.12. The third-order valence-corrected chi connectivity index (χ3v) is 5.60. The summed E-state index contributed by atoms with van der Waals surface area (Å²) in [5, 5.41) is 3.46. The first-order valence-corrected chi connectivity index (χ1v) is 10.0. The Balaban J connectivity index is 1.65. The number of carbonyl (C=O) groups is 1. The molecule has 0 saturated heterocycles. The van der Waals surface area contributed by atoms with Crippen LogP contribution in [0.1, 0.15) is 37.5 Å². The number of amides is 1. The maximum absolute atomic E-state index is 12.4.